The molecule has 150 valence electrons. The van der Waals surface area contributed by atoms with E-state index in [1.165, 1.54) is 31.2 Å². The van der Waals surface area contributed by atoms with Gasteiger partial charge < -0.3 is 10.1 Å². The van der Waals surface area contributed by atoms with Crippen molar-refractivity contribution in [3.63, 3.8) is 0 Å². The predicted molar refractivity (Wildman–Crippen MR) is 107 cm³/mol. The van der Waals surface area contributed by atoms with Crippen molar-refractivity contribution in [3.05, 3.63) is 58.1 Å². The van der Waals surface area contributed by atoms with Crippen molar-refractivity contribution in [1.82, 2.24) is 4.72 Å². The zero-order valence-corrected chi connectivity index (χ0v) is 17.4. The van der Waals surface area contributed by atoms with Crippen LogP contribution in [-0.2, 0) is 24.3 Å². The maximum Gasteiger partial charge on any atom is 0.321 e. The number of carbonyl (C=O) groups excluding carboxylic acids is 2. The van der Waals surface area contributed by atoms with Crippen LogP contribution in [0.15, 0.2) is 47.4 Å². The Morgan fingerprint density at radius 3 is 2.39 bits per heavy atom. The van der Waals surface area contributed by atoms with E-state index in [1.807, 2.05) is 6.92 Å². The summed E-state index contributed by atoms with van der Waals surface area (Å²) in [5.41, 5.74) is 1.17. The van der Waals surface area contributed by atoms with Gasteiger partial charge in [-0.1, -0.05) is 40.9 Å². The summed E-state index contributed by atoms with van der Waals surface area (Å²) in [6, 6.07) is 10.6. The molecule has 2 aromatic rings. The zero-order valence-electron chi connectivity index (χ0n) is 15.0. The first-order valence-electron chi connectivity index (χ1n) is 8.10. The minimum absolute atomic E-state index is 0.0206. The highest BCUT2D eigenvalue weighted by Crippen LogP contribution is 2.25. The molecule has 0 heterocycles. The standard InChI is InChI=1S/C18H18Cl2N2O5S/c1-11-3-6-14(7-4-11)28(25,26)21-10-17(23)27-12(2)18(24)22-16-9-13(19)5-8-15(16)20/h3-9,12,21H,10H2,1-2H3,(H,22,24). The number of benzene rings is 2. The van der Waals surface area contributed by atoms with Crippen LogP contribution >= 0.6 is 23.2 Å². The molecular formula is C18H18Cl2N2O5S. The van der Waals surface area contributed by atoms with E-state index in [0.29, 0.717) is 5.02 Å². The van der Waals surface area contributed by atoms with Gasteiger partial charge >= 0.3 is 5.97 Å². The smallest absolute Gasteiger partial charge is 0.321 e. The van der Waals surface area contributed by atoms with Crippen LogP contribution in [0.4, 0.5) is 5.69 Å². The molecule has 2 rings (SSSR count). The Morgan fingerprint density at radius 2 is 1.75 bits per heavy atom. The second kappa shape index (κ2) is 9.38. The topological polar surface area (TPSA) is 102 Å². The lowest BCUT2D eigenvalue weighted by molar-refractivity contribution is -0.151. The molecule has 2 aromatic carbocycles. The van der Waals surface area contributed by atoms with E-state index in [1.54, 1.807) is 18.2 Å². The molecule has 0 bridgehead atoms. The highest BCUT2D eigenvalue weighted by Gasteiger charge is 2.21. The van der Waals surface area contributed by atoms with E-state index >= 15 is 0 Å². The lowest BCUT2D eigenvalue weighted by atomic mass is 10.2. The van der Waals surface area contributed by atoms with Crippen molar-refractivity contribution in [2.45, 2.75) is 24.8 Å². The van der Waals surface area contributed by atoms with E-state index < -0.39 is 34.5 Å². The Bertz CT molecular complexity index is 978. The zero-order chi connectivity index (χ0) is 20.9. The minimum atomic E-state index is -3.87. The Hall–Kier alpha value is -2.13. The SMILES string of the molecule is Cc1ccc(S(=O)(=O)NCC(=O)OC(C)C(=O)Nc2cc(Cl)ccc2Cl)cc1. The normalized spacial score (nSPS) is 12.3. The van der Waals surface area contributed by atoms with Gasteiger partial charge in [0.25, 0.3) is 5.91 Å². The number of nitrogens with one attached hydrogen (secondary N) is 2. The fraction of sp³-hybridized carbons (Fsp3) is 0.222. The first-order chi connectivity index (χ1) is 13.1. The summed E-state index contributed by atoms with van der Waals surface area (Å²) < 4.78 is 31.4. The molecule has 2 N–H and O–H groups in total. The summed E-state index contributed by atoms with van der Waals surface area (Å²) in [5, 5.41) is 3.12. The van der Waals surface area contributed by atoms with Crippen molar-refractivity contribution >= 4 is 50.8 Å². The van der Waals surface area contributed by atoms with Crippen molar-refractivity contribution in [2.75, 3.05) is 11.9 Å². The number of anilines is 1. The number of hydrogen-bond acceptors (Lipinski definition) is 5. The van der Waals surface area contributed by atoms with E-state index in [0.717, 1.165) is 5.56 Å². The molecular weight excluding hydrogens is 427 g/mol. The van der Waals surface area contributed by atoms with E-state index in [4.69, 9.17) is 27.9 Å². The van der Waals surface area contributed by atoms with Gasteiger partial charge in [0, 0.05) is 5.02 Å². The van der Waals surface area contributed by atoms with E-state index in [-0.39, 0.29) is 15.6 Å². The number of rotatable bonds is 7. The van der Waals surface area contributed by atoms with Crippen LogP contribution in [0.25, 0.3) is 0 Å². The number of ether oxygens (including phenoxy) is 1. The average Bonchev–Trinajstić information content (AvgIpc) is 2.63. The largest absolute Gasteiger partial charge is 0.452 e. The molecule has 1 amide bonds. The Kier molecular flexibility index (Phi) is 7.42. The highest BCUT2D eigenvalue weighted by molar-refractivity contribution is 7.89. The quantitative estimate of drug-likeness (QED) is 0.638. The van der Waals surface area contributed by atoms with Crippen LogP contribution in [0.3, 0.4) is 0 Å². The maximum absolute atomic E-state index is 12.2. The maximum atomic E-state index is 12.2. The number of halogens is 2. The summed E-state index contributed by atoms with van der Waals surface area (Å²) in [6.07, 6.45) is -1.17. The summed E-state index contributed by atoms with van der Waals surface area (Å²) in [6.45, 7) is 2.55. The molecule has 0 spiro atoms. The monoisotopic (exact) mass is 444 g/mol. The molecule has 0 aromatic heterocycles. The van der Waals surface area contributed by atoms with Gasteiger partial charge in [0.15, 0.2) is 6.10 Å². The number of amides is 1. The van der Waals surface area contributed by atoms with Gasteiger partial charge in [-0.2, -0.15) is 4.72 Å². The lowest BCUT2D eigenvalue weighted by Crippen LogP contribution is -2.35. The second-order valence-electron chi connectivity index (χ2n) is 5.88. The number of sulfonamides is 1. The van der Waals surface area contributed by atoms with Gasteiger partial charge in [-0.15, -0.1) is 0 Å². The highest BCUT2D eigenvalue weighted by atomic mass is 35.5. The van der Waals surface area contributed by atoms with Crippen molar-refractivity contribution in [3.8, 4) is 0 Å². The Balaban J connectivity index is 1.90. The third-order valence-electron chi connectivity index (χ3n) is 3.60. The molecule has 0 radical (unpaired) electrons. The van der Waals surface area contributed by atoms with Crippen LogP contribution in [0, 0.1) is 6.92 Å². The number of esters is 1. The molecule has 1 atom stereocenters. The molecule has 0 saturated heterocycles. The fourth-order valence-corrected chi connectivity index (χ4v) is 3.38. The molecule has 10 heteroatoms. The van der Waals surface area contributed by atoms with Crippen LogP contribution in [0.5, 0.6) is 0 Å². The Morgan fingerprint density at radius 1 is 1.11 bits per heavy atom. The number of hydrogen-bond donors (Lipinski definition) is 2. The third-order valence-corrected chi connectivity index (χ3v) is 5.58. The molecule has 0 aliphatic carbocycles. The van der Waals surface area contributed by atoms with Crippen molar-refractivity contribution in [1.29, 1.82) is 0 Å². The summed E-state index contributed by atoms with van der Waals surface area (Å²) in [5.74, 6) is -1.55. The summed E-state index contributed by atoms with van der Waals surface area (Å²) in [4.78, 5) is 24.0. The summed E-state index contributed by atoms with van der Waals surface area (Å²) >= 11 is 11.8. The first kappa shape index (κ1) is 22.2. The molecule has 0 saturated carbocycles. The predicted octanol–water partition coefficient (Wildman–Crippen LogP) is 3.15. The van der Waals surface area contributed by atoms with Crippen LogP contribution in [0.2, 0.25) is 10.0 Å². The lowest BCUT2D eigenvalue weighted by Gasteiger charge is -2.15. The third kappa shape index (κ3) is 6.20. The average molecular weight is 445 g/mol. The fourth-order valence-electron chi connectivity index (χ4n) is 2.07. The van der Waals surface area contributed by atoms with Crippen molar-refractivity contribution < 1.29 is 22.7 Å². The van der Waals surface area contributed by atoms with Gasteiger partial charge in [-0.05, 0) is 44.2 Å². The molecule has 1 unspecified atom stereocenters. The second-order valence-corrected chi connectivity index (χ2v) is 8.49. The number of aryl methyl sites for hydroxylation is 1. The van der Waals surface area contributed by atoms with Crippen LogP contribution in [-0.4, -0.2) is 32.9 Å². The molecule has 0 aliphatic heterocycles. The molecule has 0 fully saturated rings. The number of carbonyl (C=O) groups is 2. The minimum Gasteiger partial charge on any atom is -0.452 e. The summed E-state index contributed by atoms with van der Waals surface area (Å²) in [7, 11) is -3.87. The van der Waals surface area contributed by atoms with E-state index in [9.17, 15) is 18.0 Å². The van der Waals surface area contributed by atoms with E-state index in [2.05, 4.69) is 10.0 Å². The van der Waals surface area contributed by atoms with Crippen LogP contribution < -0.4 is 10.0 Å². The van der Waals surface area contributed by atoms with Gasteiger partial charge in [0.1, 0.15) is 6.54 Å². The van der Waals surface area contributed by atoms with Gasteiger partial charge in [0.2, 0.25) is 10.0 Å². The van der Waals surface area contributed by atoms with Crippen LogP contribution in [0.1, 0.15) is 12.5 Å². The van der Waals surface area contributed by atoms with Crippen molar-refractivity contribution in [2.24, 2.45) is 0 Å². The molecule has 7 nitrogen and oxygen atoms in total. The molecule has 28 heavy (non-hydrogen) atoms. The molecule has 0 aliphatic rings. The van der Waals surface area contributed by atoms with Gasteiger partial charge in [0.05, 0.1) is 15.6 Å². The van der Waals surface area contributed by atoms with Gasteiger partial charge in [-0.25, -0.2) is 8.42 Å². The first-order valence-corrected chi connectivity index (χ1v) is 10.3. The van der Waals surface area contributed by atoms with Gasteiger partial charge in [-0.3, -0.25) is 9.59 Å². The Labute approximate surface area is 173 Å².